The zero-order chi connectivity index (χ0) is 16.2. The molecule has 1 aliphatic heterocycles. The van der Waals surface area contributed by atoms with E-state index >= 15 is 0 Å². The number of piperidine rings is 1. The van der Waals surface area contributed by atoms with E-state index < -0.39 is 0 Å². The van der Waals surface area contributed by atoms with E-state index in [4.69, 9.17) is 5.10 Å². The Kier molecular flexibility index (Phi) is 4.09. The smallest absolute Gasteiger partial charge is 0.185 e. The quantitative estimate of drug-likeness (QED) is 0.802. The maximum Gasteiger partial charge on any atom is 0.185 e. The molecule has 0 radical (unpaired) electrons. The van der Waals surface area contributed by atoms with Crippen molar-refractivity contribution in [2.75, 3.05) is 13.1 Å². The molecule has 2 aromatic carbocycles. The van der Waals surface area contributed by atoms with Crippen LogP contribution in [0.25, 0.3) is 0 Å². The van der Waals surface area contributed by atoms with Gasteiger partial charge in [0, 0.05) is 0 Å². The Hall–Kier alpha value is -2.53. The molecule has 0 atom stereocenters. The van der Waals surface area contributed by atoms with Crippen LogP contribution in [-0.4, -0.2) is 33.3 Å². The van der Waals surface area contributed by atoms with Gasteiger partial charge in [0.25, 0.3) is 0 Å². The van der Waals surface area contributed by atoms with Crippen LogP contribution in [0.2, 0.25) is 0 Å². The van der Waals surface area contributed by atoms with E-state index in [1.54, 1.807) is 4.80 Å². The molecule has 1 aliphatic rings. The molecule has 4 rings (SSSR count). The normalized spacial score (nSPS) is 16.8. The van der Waals surface area contributed by atoms with Crippen molar-refractivity contribution in [1.82, 2.24) is 25.5 Å². The van der Waals surface area contributed by atoms with E-state index in [2.05, 4.69) is 58.1 Å². The largest absolute Gasteiger partial charge is 0.317 e. The first-order valence-electron chi connectivity index (χ1n) is 8.45. The molecule has 1 aromatic heterocycles. The molecule has 1 N–H and O–H groups in total. The first-order chi connectivity index (χ1) is 11.9. The van der Waals surface area contributed by atoms with E-state index in [0.717, 1.165) is 31.8 Å². The lowest BCUT2D eigenvalue weighted by Gasteiger charge is -2.35. The van der Waals surface area contributed by atoms with Gasteiger partial charge >= 0.3 is 0 Å². The Labute approximate surface area is 141 Å². The van der Waals surface area contributed by atoms with Crippen molar-refractivity contribution >= 4 is 0 Å². The van der Waals surface area contributed by atoms with Crippen LogP contribution in [0.5, 0.6) is 0 Å². The Morgan fingerprint density at radius 1 is 0.917 bits per heavy atom. The third-order valence-electron chi connectivity index (χ3n) is 4.83. The fraction of sp³-hybridized carbons (Fsp3) is 0.316. The Morgan fingerprint density at radius 3 is 2.29 bits per heavy atom. The second-order valence-corrected chi connectivity index (χ2v) is 6.33. The summed E-state index contributed by atoms with van der Waals surface area (Å²) >= 11 is 0. The fourth-order valence-corrected chi connectivity index (χ4v) is 3.50. The Morgan fingerprint density at radius 2 is 1.58 bits per heavy atom. The van der Waals surface area contributed by atoms with E-state index in [0.29, 0.717) is 6.54 Å². The summed E-state index contributed by atoms with van der Waals surface area (Å²) in [4.78, 5) is 1.71. The number of hydrogen-bond acceptors (Lipinski definition) is 4. The number of rotatable bonds is 4. The van der Waals surface area contributed by atoms with Crippen LogP contribution in [-0.2, 0) is 12.0 Å². The van der Waals surface area contributed by atoms with Gasteiger partial charge in [-0.25, -0.2) is 0 Å². The summed E-state index contributed by atoms with van der Waals surface area (Å²) in [5.41, 5.74) is 2.33. The van der Waals surface area contributed by atoms with Crippen LogP contribution in [0.4, 0.5) is 0 Å². The van der Waals surface area contributed by atoms with Gasteiger partial charge in [0.1, 0.15) is 0 Å². The molecule has 1 saturated heterocycles. The van der Waals surface area contributed by atoms with Gasteiger partial charge in [-0.3, -0.25) is 0 Å². The summed E-state index contributed by atoms with van der Waals surface area (Å²) in [5.74, 6) is 0.839. The lowest BCUT2D eigenvalue weighted by Crippen LogP contribution is -2.41. The Bertz CT molecular complexity index is 776. The third kappa shape index (κ3) is 2.83. The summed E-state index contributed by atoms with van der Waals surface area (Å²) in [7, 11) is 0. The molecule has 3 aromatic rings. The van der Waals surface area contributed by atoms with Crippen LogP contribution in [0.15, 0.2) is 60.7 Å². The van der Waals surface area contributed by atoms with Gasteiger partial charge in [-0.05, 0) is 42.3 Å². The number of aromatic nitrogens is 4. The zero-order valence-electron chi connectivity index (χ0n) is 13.6. The summed E-state index contributed by atoms with van der Waals surface area (Å²) in [6.07, 6.45) is 1.99. The van der Waals surface area contributed by atoms with Crippen LogP contribution in [0, 0.1) is 0 Å². The Balaban J connectivity index is 1.67. The number of hydrogen-bond donors (Lipinski definition) is 1. The van der Waals surface area contributed by atoms with Crippen LogP contribution in [0.1, 0.15) is 29.8 Å². The second kappa shape index (κ2) is 6.53. The third-order valence-corrected chi connectivity index (χ3v) is 4.83. The summed E-state index contributed by atoms with van der Waals surface area (Å²) < 4.78 is 0. The lowest BCUT2D eigenvalue weighted by atomic mass is 9.72. The molecular formula is C19H21N5. The lowest BCUT2D eigenvalue weighted by molar-refractivity contribution is 0.344. The van der Waals surface area contributed by atoms with E-state index in [1.807, 2.05) is 18.2 Å². The minimum atomic E-state index is -0.137. The van der Waals surface area contributed by atoms with Crippen molar-refractivity contribution in [2.45, 2.75) is 24.8 Å². The van der Waals surface area contributed by atoms with Crippen molar-refractivity contribution in [3.05, 3.63) is 77.6 Å². The van der Waals surface area contributed by atoms with Gasteiger partial charge in [0.05, 0.1) is 12.0 Å². The molecule has 0 saturated carbocycles. The second-order valence-electron chi connectivity index (χ2n) is 6.33. The van der Waals surface area contributed by atoms with E-state index in [9.17, 15) is 0 Å². The molecule has 0 bridgehead atoms. The summed E-state index contributed by atoms with van der Waals surface area (Å²) in [6.45, 7) is 2.60. The first kappa shape index (κ1) is 15.0. The molecule has 24 heavy (non-hydrogen) atoms. The summed E-state index contributed by atoms with van der Waals surface area (Å²) in [5, 5.41) is 16.9. The van der Waals surface area contributed by atoms with Gasteiger partial charge in [-0.1, -0.05) is 60.7 Å². The number of benzene rings is 2. The highest BCUT2D eigenvalue weighted by Gasteiger charge is 2.39. The maximum atomic E-state index is 4.74. The van der Waals surface area contributed by atoms with Crippen molar-refractivity contribution in [3.63, 3.8) is 0 Å². The van der Waals surface area contributed by atoms with E-state index in [1.165, 1.54) is 11.1 Å². The SMILES string of the molecule is c1ccc(Cn2nnc(C3(c4ccccc4)CCNCC3)n2)cc1. The van der Waals surface area contributed by atoms with Crippen LogP contribution >= 0.6 is 0 Å². The molecule has 0 amide bonds. The molecule has 5 nitrogen and oxygen atoms in total. The fourth-order valence-electron chi connectivity index (χ4n) is 3.50. The standard InChI is InChI=1S/C19H21N5/c1-3-7-16(8-4-1)15-24-22-18(21-23-24)19(11-13-20-14-12-19)17-9-5-2-6-10-17/h1-10,20H,11-15H2. The van der Waals surface area contributed by atoms with Crippen LogP contribution in [0.3, 0.4) is 0 Å². The van der Waals surface area contributed by atoms with Gasteiger partial charge in [0.2, 0.25) is 0 Å². The topological polar surface area (TPSA) is 55.6 Å². The molecule has 122 valence electrons. The van der Waals surface area contributed by atoms with Crippen molar-refractivity contribution in [1.29, 1.82) is 0 Å². The van der Waals surface area contributed by atoms with Crippen LogP contribution < -0.4 is 5.32 Å². The predicted octanol–water partition coefficient (Wildman–Crippen LogP) is 2.39. The monoisotopic (exact) mass is 319 g/mol. The molecule has 2 heterocycles. The van der Waals surface area contributed by atoms with Gasteiger partial charge in [0.15, 0.2) is 5.82 Å². The van der Waals surface area contributed by atoms with Gasteiger partial charge < -0.3 is 5.32 Å². The minimum Gasteiger partial charge on any atom is -0.317 e. The van der Waals surface area contributed by atoms with Gasteiger partial charge in [-0.2, -0.15) is 4.80 Å². The molecule has 0 unspecified atom stereocenters. The molecule has 0 aliphatic carbocycles. The van der Waals surface area contributed by atoms with Crippen molar-refractivity contribution in [3.8, 4) is 0 Å². The molecule has 5 heteroatoms. The number of nitrogens with one attached hydrogen (secondary N) is 1. The van der Waals surface area contributed by atoms with Gasteiger partial charge in [-0.15, -0.1) is 10.2 Å². The number of nitrogens with zero attached hydrogens (tertiary/aromatic N) is 4. The molecule has 1 fully saturated rings. The highest BCUT2D eigenvalue weighted by molar-refractivity contribution is 5.33. The molecule has 0 spiro atoms. The zero-order valence-corrected chi connectivity index (χ0v) is 13.6. The highest BCUT2D eigenvalue weighted by atomic mass is 15.6. The van der Waals surface area contributed by atoms with E-state index in [-0.39, 0.29) is 5.41 Å². The minimum absolute atomic E-state index is 0.137. The maximum absolute atomic E-state index is 4.74. The predicted molar refractivity (Wildman–Crippen MR) is 92.7 cm³/mol. The summed E-state index contributed by atoms with van der Waals surface area (Å²) in [6, 6.07) is 20.9. The average molecular weight is 319 g/mol. The average Bonchev–Trinajstić information content (AvgIpc) is 3.13. The first-order valence-corrected chi connectivity index (χ1v) is 8.45. The van der Waals surface area contributed by atoms with Crippen molar-refractivity contribution in [2.24, 2.45) is 0 Å². The highest BCUT2D eigenvalue weighted by Crippen LogP contribution is 2.37. The van der Waals surface area contributed by atoms with Crippen molar-refractivity contribution < 1.29 is 0 Å². The molecular weight excluding hydrogens is 298 g/mol. The number of tetrazole rings is 1.